The summed E-state index contributed by atoms with van der Waals surface area (Å²) in [5.41, 5.74) is 0.472. The van der Waals surface area contributed by atoms with Crippen molar-refractivity contribution in [3.05, 3.63) is 0 Å². The number of nitrogens with zero attached hydrogens (tertiary/aromatic N) is 2. The molecule has 0 rings (SSSR count). The Bertz CT molecular complexity index is 292. The predicted octanol–water partition coefficient (Wildman–Crippen LogP) is 3.46. The summed E-state index contributed by atoms with van der Waals surface area (Å²) in [6.45, 7) is 12.0. The van der Waals surface area contributed by atoms with E-state index >= 15 is 0 Å². The minimum atomic E-state index is -0.218. The number of rotatable bonds is 1. The van der Waals surface area contributed by atoms with Gasteiger partial charge in [0.05, 0.1) is 8.37 Å². The molecule has 0 amide bonds. The lowest BCUT2D eigenvalue weighted by Crippen LogP contribution is -2.18. The van der Waals surface area contributed by atoms with Crippen molar-refractivity contribution in [1.29, 1.82) is 5.41 Å². The number of hydrogen-bond acceptors (Lipinski definition) is 3. The first-order valence-corrected chi connectivity index (χ1v) is 5.73. The molecule has 0 heterocycles. The molecule has 0 bridgehead atoms. The number of nitrogens with one attached hydrogen (secondary N) is 1. The van der Waals surface area contributed by atoms with Crippen LogP contribution in [0.15, 0.2) is 9.85 Å². The maximum atomic E-state index is 7.74. The van der Waals surface area contributed by atoms with Crippen molar-refractivity contribution < 1.29 is 0 Å². The van der Waals surface area contributed by atoms with E-state index in [1.165, 1.54) is 0 Å². The Hall–Kier alpha value is -0.760. The van der Waals surface area contributed by atoms with E-state index in [9.17, 15) is 0 Å². The molecule has 86 valence electrons. The summed E-state index contributed by atoms with van der Waals surface area (Å²) in [5.74, 6) is 5.67. The van der Waals surface area contributed by atoms with Crippen LogP contribution in [0.2, 0.25) is 0 Å². The molecule has 0 aliphatic heterocycles. The van der Waals surface area contributed by atoms with Crippen LogP contribution in [0.3, 0.4) is 0 Å². The highest BCUT2D eigenvalue weighted by atomic mass is 31.1. The molecule has 3 N–H and O–H groups in total. The molecule has 0 aliphatic rings. The first-order chi connectivity index (χ1) is 6.59. The second kappa shape index (κ2) is 4.84. The highest BCUT2D eigenvalue weighted by molar-refractivity contribution is 7.49. The molecule has 0 aromatic rings. The number of nitrogens with two attached hydrogens (primary N) is 1. The molecule has 5 heteroatoms. The first kappa shape index (κ1) is 14.2. The third kappa shape index (κ3) is 5.03. The fourth-order valence-electron chi connectivity index (χ4n) is 0.617. The summed E-state index contributed by atoms with van der Waals surface area (Å²) in [4.78, 5) is 0. The highest BCUT2D eigenvalue weighted by Crippen LogP contribution is 2.26. The van der Waals surface area contributed by atoms with Gasteiger partial charge in [0.15, 0.2) is 0 Å². The van der Waals surface area contributed by atoms with Gasteiger partial charge in [-0.2, -0.15) is 5.10 Å². The summed E-state index contributed by atoms with van der Waals surface area (Å²) >= 11 is 0. The van der Waals surface area contributed by atoms with Crippen molar-refractivity contribution in [2.24, 2.45) is 26.5 Å². The standard InChI is InChI=1S/C10H21N4P/c1-9(2,3)7(11)14-15-8(13-12)10(4,5)6/h11H,12H2,1-6H3/b11-7?,13-8-. The van der Waals surface area contributed by atoms with Crippen molar-refractivity contribution in [2.45, 2.75) is 41.5 Å². The van der Waals surface area contributed by atoms with Crippen molar-refractivity contribution in [3.8, 4) is 0 Å². The lowest BCUT2D eigenvalue weighted by atomic mass is 9.96. The lowest BCUT2D eigenvalue weighted by molar-refractivity contribution is 0.582. The molecule has 0 aromatic heterocycles. The van der Waals surface area contributed by atoms with Crippen LogP contribution in [0.5, 0.6) is 0 Å². The Morgan fingerprint density at radius 2 is 1.53 bits per heavy atom. The normalized spacial score (nSPS) is 14.7. The second-order valence-electron chi connectivity index (χ2n) is 5.50. The van der Waals surface area contributed by atoms with Crippen LogP contribution in [0, 0.1) is 16.2 Å². The van der Waals surface area contributed by atoms with E-state index in [-0.39, 0.29) is 10.8 Å². The van der Waals surface area contributed by atoms with E-state index in [0.717, 1.165) is 5.45 Å². The summed E-state index contributed by atoms with van der Waals surface area (Å²) in [5, 5.41) is 11.5. The Balaban J connectivity index is 4.75. The fourth-order valence-corrected chi connectivity index (χ4v) is 1.46. The molecule has 0 fully saturated rings. The van der Waals surface area contributed by atoms with Crippen molar-refractivity contribution in [1.82, 2.24) is 0 Å². The summed E-state index contributed by atoms with van der Waals surface area (Å²) < 4.78 is 4.18. The molecular weight excluding hydrogens is 207 g/mol. The van der Waals surface area contributed by atoms with Gasteiger partial charge in [-0.15, -0.1) is 0 Å². The third-order valence-corrected chi connectivity index (χ3v) is 3.02. The van der Waals surface area contributed by atoms with Crippen LogP contribution in [0.1, 0.15) is 41.5 Å². The Kier molecular flexibility index (Phi) is 4.60. The van der Waals surface area contributed by atoms with Crippen LogP contribution in [0.4, 0.5) is 0 Å². The Morgan fingerprint density at radius 3 is 1.80 bits per heavy atom. The van der Waals surface area contributed by atoms with E-state index in [2.05, 4.69) is 9.85 Å². The molecule has 4 nitrogen and oxygen atoms in total. The van der Waals surface area contributed by atoms with Gasteiger partial charge >= 0.3 is 0 Å². The molecule has 0 atom stereocenters. The molecule has 0 unspecified atom stereocenters. The van der Waals surface area contributed by atoms with E-state index in [1.807, 2.05) is 41.5 Å². The monoisotopic (exact) mass is 228 g/mol. The van der Waals surface area contributed by atoms with Crippen LogP contribution >= 0.6 is 8.37 Å². The maximum absolute atomic E-state index is 7.74. The fraction of sp³-hybridized carbons (Fsp3) is 0.800. The number of hydrazone groups is 1. The Morgan fingerprint density at radius 1 is 1.07 bits per heavy atom. The summed E-state index contributed by atoms with van der Waals surface area (Å²) in [7, 11) is 0.672. The number of hydrogen-bond donors (Lipinski definition) is 2. The average molecular weight is 228 g/mol. The quantitative estimate of drug-likeness (QED) is 0.233. The van der Waals surface area contributed by atoms with Gasteiger partial charge in [-0.1, -0.05) is 41.5 Å². The van der Waals surface area contributed by atoms with Crippen LogP contribution < -0.4 is 5.84 Å². The maximum Gasteiger partial charge on any atom is 0.130 e. The van der Waals surface area contributed by atoms with E-state index in [0.29, 0.717) is 14.2 Å². The summed E-state index contributed by atoms with van der Waals surface area (Å²) in [6.07, 6.45) is 0. The SMILES string of the molecule is CC(C)(C)C(=N)N=P/C(=N\N)C(C)(C)C. The van der Waals surface area contributed by atoms with E-state index in [1.54, 1.807) is 0 Å². The predicted molar refractivity (Wildman–Crippen MR) is 67.6 cm³/mol. The van der Waals surface area contributed by atoms with Crippen LogP contribution in [-0.4, -0.2) is 11.3 Å². The third-order valence-electron chi connectivity index (χ3n) is 1.75. The van der Waals surface area contributed by atoms with Gasteiger partial charge in [-0.3, -0.25) is 5.41 Å². The van der Waals surface area contributed by atoms with Crippen molar-refractivity contribution >= 4 is 19.7 Å². The van der Waals surface area contributed by atoms with Gasteiger partial charge in [-0.05, 0) is 0 Å². The van der Waals surface area contributed by atoms with Crippen molar-refractivity contribution in [2.75, 3.05) is 0 Å². The van der Waals surface area contributed by atoms with Gasteiger partial charge in [-0.25, -0.2) is 4.74 Å². The zero-order chi connectivity index (χ0) is 12.3. The average Bonchev–Trinajstić information content (AvgIpc) is 2.00. The minimum Gasteiger partial charge on any atom is -0.323 e. The molecular formula is C10H21N4P. The topological polar surface area (TPSA) is 74.6 Å². The minimum absolute atomic E-state index is 0.0992. The summed E-state index contributed by atoms with van der Waals surface area (Å²) in [6, 6.07) is 0. The van der Waals surface area contributed by atoms with Gasteiger partial charge < -0.3 is 5.84 Å². The molecule has 0 spiro atoms. The Labute approximate surface area is 93.7 Å². The molecule has 15 heavy (non-hydrogen) atoms. The van der Waals surface area contributed by atoms with Gasteiger partial charge in [0.25, 0.3) is 0 Å². The smallest absolute Gasteiger partial charge is 0.130 e. The lowest BCUT2D eigenvalue weighted by Gasteiger charge is -2.18. The zero-order valence-electron chi connectivity index (χ0n) is 10.4. The van der Waals surface area contributed by atoms with Crippen LogP contribution in [0.25, 0.3) is 0 Å². The van der Waals surface area contributed by atoms with Crippen molar-refractivity contribution in [3.63, 3.8) is 0 Å². The second-order valence-corrected chi connectivity index (χ2v) is 6.32. The first-order valence-electron chi connectivity index (χ1n) is 4.88. The molecule has 0 saturated heterocycles. The van der Waals surface area contributed by atoms with E-state index < -0.39 is 0 Å². The molecule has 0 aromatic carbocycles. The molecule has 0 saturated carbocycles. The highest BCUT2D eigenvalue weighted by Gasteiger charge is 2.20. The zero-order valence-corrected chi connectivity index (χ0v) is 11.3. The molecule has 0 aliphatic carbocycles. The van der Waals surface area contributed by atoms with Crippen LogP contribution in [-0.2, 0) is 0 Å². The van der Waals surface area contributed by atoms with Gasteiger partial charge in [0, 0.05) is 10.8 Å². The molecule has 0 radical (unpaired) electrons. The number of amidine groups is 1. The van der Waals surface area contributed by atoms with Gasteiger partial charge in [0.2, 0.25) is 0 Å². The largest absolute Gasteiger partial charge is 0.323 e. The van der Waals surface area contributed by atoms with Gasteiger partial charge in [0.1, 0.15) is 11.3 Å². The van der Waals surface area contributed by atoms with E-state index in [4.69, 9.17) is 11.3 Å².